The topological polar surface area (TPSA) is 55.4 Å². The molecule has 1 amide bonds. The Hall–Kier alpha value is -2.92. The molecule has 26 heavy (non-hydrogen) atoms. The van der Waals surface area contributed by atoms with Gasteiger partial charge in [0.2, 0.25) is 0 Å². The smallest absolute Gasteiger partial charge is 0.255 e. The molecule has 0 atom stereocenters. The maximum Gasteiger partial charge on any atom is 0.255 e. The van der Waals surface area contributed by atoms with Crippen molar-refractivity contribution < 1.29 is 14.3 Å². The van der Waals surface area contributed by atoms with Gasteiger partial charge in [0.1, 0.15) is 5.75 Å². The monoisotopic (exact) mass is 409 g/mol. The number of Topliss-reactive ketones (excluding diaryl/α,β-unsaturated/α-hetero) is 1. The zero-order valence-corrected chi connectivity index (χ0v) is 15.4. The van der Waals surface area contributed by atoms with Crippen LogP contribution in [0.1, 0.15) is 20.7 Å². The van der Waals surface area contributed by atoms with Gasteiger partial charge in [-0.15, -0.1) is 0 Å². The summed E-state index contributed by atoms with van der Waals surface area (Å²) in [4.78, 5) is 24.3. The number of carbonyl (C=O) groups excluding carboxylic acids is 2. The lowest BCUT2D eigenvalue weighted by Gasteiger charge is -2.08. The highest BCUT2D eigenvalue weighted by atomic mass is 79.9. The average Bonchev–Trinajstić information content (AvgIpc) is 2.68. The first-order chi connectivity index (χ1) is 12.6. The van der Waals surface area contributed by atoms with Gasteiger partial charge in [-0.05, 0) is 60.7 Å². The third-order valence-corrected chi connectivity index (χ3v) is 4.21. The lowest BCUT2D eigenvalue weighted by molar-refractivity contribution is 0.0921. The largest absolute Gasteiger partial charge is 0.485 e. The fourth-order valence-electron chi connectivity index (χ4n) is 2.30. The van der Waals surface area contributed by atoms with Crippen molar-refractivity contribution >= 4 is 33.3 Å². The van der Waals surface area contributed by atoms with E-state index in [1.807, 2.05) is 30.3 Å². The van der Waals surface area contributed by atoms with Gasteiger partial charge < -0.3 is 10.1 Å². The number of carbonyl (C=O) groups is 2. The summed E-state index contributed by atoms with van der Waals surface area (Å²) in [6.07, 6.45) is 0. The van der Waals surface area contributed by atoms with E-state index in [4.69, 9.17) is 4.74 Å². The molecule has 0 heterocycles. The summed E-state index contributed by atoms with van der Waals surface area (Å²) >= 11 is 3.35. The van der Waals surface area contributed by atoms with Crippen LogP contribution in [0.4, 0.5) is 5.69 Å². The normalized spacial score (nSPS) is 10.2. The Morgan fingerprint density at radius 3 is 2.12 bits per heavy atom. The molecule has 0 aromatic heterocycles. The molecular weight excluding hydrogens is 394 g/mol. The summed E-state index contributed by atoms with van der Waals surface area (Å²) in [7, 11) is 0. The van der Waals surface area contributed by atoms with Gasteiger partial charge in [-0.2, -0.15) is 0 Å². The minimum absolute atomic E-state index is 0.0443. The van der Waals surface area contributed by atoms with Gasteiger partial charge in [0.15, 0.2) is 12.4 Å². The van der Waals surface area contributed by atoms with Crippen LogP contribution < -0.4 is 10.1 Å². The summed E-state index contributed by atoms with van der Waals surface area (Å²) in [5.41, 5.74) is 1.74. The maximum absolute atomic E-state index is 12.2. The molecule has 1 N–H and O–H groups in total. The molecule has 3 aromatic carbocycles. The highest BCUT2D eigenvalue weighted by Gasteiger charge is 2.09. The molecule has 4 nitrogen and oxygen atoms in total. The molecule has 0 spiro atoms. The average molecular weight is 410 g/mol. The first-order valence-electron chi connectivity index (χ1n) is 8.00. The quantitative estimate of drug-likeness (QED) is 0.585. The molecule has 3 rings (SSSR count). The van der Waals surface area contributed by atoms with Crippen LogP contribution in [0.5, 0.6) is 5.75 Å². The van der Waals surface area contributed by atoms with Crippen LogP contribution in [-0.2, 0) is 0 Å². The van der Waals surface area contributed by atoms with Crippen LogP contribution >= 0.6 is 15.9 Å². The van der Waals surface area contributed by atoms with E-state index in [1.54, 1.807) is 48.5 Å². The standard InChI is InChI=1S/C21H16BrNO3/c22-17-8-12-19(13-9-17)26-14-20(24)15-6-10-18(11-7-15)23-21(25)16-4-2-1-3-5-16/h1-13H,14H2,(H,23,25). The molecule has 0 fully saturated rings. The van der Waals surface area contributed by atoms with E-state index in [0.717, 1.165) is 4.47 Å². The SMILES string of the molecule is O=C(COc1ccc(Br)cc1)c1ccc(NC(=O)c2ccccc2)cc1. The molecule has 0 aliphatic rings. The van der Waals surface area contributed by atoms with Gasteiger partial charge in [0, 0.05) is 21.3 Å². The minimum atomic E-state index is -0.191. The molecule has 3 aromatic rings. The molecule has 0 unspecified atom stereocenters. The minimum Gasteiger partial charge on any atom is -0.485 e. The second-order valence-corrected chi connectivity index (χ2v) is 6.48. The molecule has 5 heteroatoms. The molecule has 0 saturated carbocycles. The van der Waals surface area contributed by atoms with E-state index < -0.39 is 0 Å². The number of hydrogen-bond donors (Lipinski definition) is 1. The Morgan fingerprint density at radius 1 is 0.808 bits per heavy atom. The van der Waals surface area contributed by atoms with Crippen molar-refractivity contribution in [2.75, 3.05) is 11.9 Å². The first-order valence-corrected chi connectivity index (χ1v) is 8.79. The summed E-state index contributed by atoms with van der Waals surface area (Å²) in [6.45, 7) is -0.0443. The van der Waals surface area contributed by atoms with E-state index in [2.05, 4.69) is 21.2 Å². The van der Waals surface area contributed by atoms with Crippen LogP contribution in [0.25, 0.3) is 0 Å². The molecular formula is C21H16BrNO3. The molecule has 0 aliphatic carbocycles. The zero-order chi connectivity index (χ0) is 18.4. The van der Waals surface area contributed by atoms with Crippen molar-refractivity contribution in [1.82, 2.24) is 0 Å². The van der Waals surface area contributed by atoms with Crippen molar-refractivity contribution in [3.63, 3.8) is 0 Å². The van der Waals surface area contributed by atoms with E-state index in [9.17, 15) is 9.59 Å². The van der Waals surface area contributed by atoms with Crippen LogP contribution in [0.3, 0.4) is 0 Å². The number of ether oxygens (including phenoxy) is 1. The van der Waals surface area contributed by atoms with Gasteiger partial charge in [-0.3, -0.25) is 9.59 Å². The predicted octanol–water partition coefficient (Wildman–Crippen LogP) is 4.96. The van der Waals surface area contributed by atoms with Crippen LogP contribution in [0.2, 0.25) is 0 Å². The summed E-state index contributed by atoms with van der Waals surface area (Å²) in [5.74, 6) is 0.311. The van der Waals surface area contributed by atoms with E-state index in [0.29, 0.717) is 22.6 Å². The Bertz CT molecular complexity index is 891. The highest BCUT2D eigenvalue weighted by molar-refractivity contribution is 9.10. The third-order valence-electron chi connectivity index (χ3n) is 3.68. The van der Waals surface area contributed by atoms with Crippen molar-refractivity contribution in [2.24, 2.45) is 0 Å². The summed E-state index contributed by atoms with van der Waals surface area (Å²) in [5, 5.41) is 2.80. The highest BCUT2D eigenvalue weighted by Crippen LogP contribution is 2.17. The van der Waals surface area contributed by atoms with Crippen molar-refractivity contribution in [3.8, 4) is 5.75 Å². The maximum atomic E-state index is 12.2. The second-order valence-electron chi connectivity index (χ2n) is 5.56. The molecule has 0 aliphatic heterocycles. The van der Waals surface area contributed by atoms with E-state index >= 15 is 0 Å². The number of halogens is 1. The number of amides is 1. The van der Waals surface area contributed by atoms with Crippen molar-refractivity contribution in [3.05, 3.63) is 94.5 Å². The second kappa shape index (κ2) is 8.45. The molecule has 0 saturated heterocycles. The molecule has 0 radical (unpaired) electrons. The Kier molecular flexibility index (Phi) is 5.81. The van der Waals surface area contributed by atoms with Gasteiger partial charge in [-0.25, -0.2) is 0 Å². The number of rotatable bonds is 6. The number of hydrogen-bond acceptors (Lipinski definition) is 3. The predicted molar refractivity (Wildman–Crippen MR) is 105 cm³/mol. The Morgan fingerprint density at radius 2 is 1.46 bits per heavy atom. The van der Waals surface area contributed by atoms with Gasteiger partial charge in [0.05, 0.1) is 0 Å². The van der Waals surface area contributed by atoms with Crippen LogP contribution in [0.15, 0.2) is 83.3 Å². The fraction of sp³-hybridized carbons (Fsp3) is 0.0476. The van der Waals surface area contributed by atoms with Gasteiger partial charge in [-0.1, -0.05) is 34.1 Å². The Labute approximate surface area is 159 Å². The summed E-state index contributed by atoms with van der Waals surface area (Å²) in [6, 6.07) is 23.0. The number of anilines is 1. The fourth-order valence-corrected chi connectivity index (χ4v) is 2.56. The van der Waals surface area contributed by atoms with Crippen LogP contribution in [-0.4, -0.2) is 18.3 Å². The van der Waals surface area contributed by atoms with Gasteiger partial charge >= 0.3 is 0 Å². The summed E-state index contributed by atoms with van der Waals surface area (Å²) < 4.78 is 6.44. The van der Waals surface area contributed by atoms with Crippen molar-refractivity contribution in [2.45, 2.75) is 0 Å². The van der Waals surface area contributed by atoms with Crippen LogP contribution in [0, 0.1) is 0 Å². The van der Waals surface area contributed by atoms with E-state index in [1.165, 1.54) is 0 Å². The zero-order valence-electron chi connectivity index (χ0n) is 13.8. The van der Waals surface area contributed by atoms with E-state index in [-0.39, 0.29) is 18.3 Å². The third kappa shape index (κ3) is 4.80. The molecule has 0 bridgehead atoms. The number of ketones is 1. The van der Waals surface area contributed by atoms with Gasteiger partial charge in [0.25, 0.3) is 5.91 Å². The molecule has 130 valence electrons. The Balaban J connectivity index is 1.57. The lowest BCUT2D eigenvalue weighted by atomic mass is 10.1. The number of benzene rings is 3. The first kappa shape index (κ1) is 17.9. The lowest BCUT2D eigenvalue weighted by Crippen LogP contribution is -2.13. The number of nitrogens with one attached hydrogen (secondary N) is 1. The van der Waals surface area contributed by atoms with Crippen molar-refractivity contribution in [1.29, 1.82) is 0 Å².